The van der Waals surface area contributed by atoms with E-state index in [4.69, 9.17) is 4.74 Å². The molecule has 1 saturated heterocycles. The zero-order valence-electron chi connectivity index (χ0n) is 8.05. The fourth-order valence-electron chi connectivity index (χ4n) is 2.21. The van der Waals surface area contributed by atoms with Gasteiger partial charge in [0.05, 0.1) is 6.61 Å². The highest BCUT2D eigenvalue weighted by atomic mass is 16.5. The Labute approximate surface area is 74.7 Å². The number of hydrogen-bond acceptors (Lipinski definition) is 2. The normalized spacial score (nSPS) is 43.0. The van der Waals surface area contributed by atoms with Crippen LogP contribution in [0, 0.1) is 11.8 Å². The van der Waals surface area contributed by atoms with Crippen molar-refractivity contribution in [2.24, 2.45) is 11.8 Å². The second-order valence-electron chi connectivity index (χ2n) is 4.39. The van der Waals surface area contributed by atoms with Crippen molar-refractivity contribution in [3.63, 3.8) is 0 Å². The Balaban J connectivity index is 1.71. The lowest BCUT2D eigenvalue weighted by Crippen LogP contribution is -2.38. The third-order valence-electron chi connectivity index (χ3n) is 3.24. The van der Waals surface area contributed by atoms with E-state index in [2.05, 4.69) is 19.2 Å². The lowest BCUT2D eigenvalue weighted by atomic mass is 10.1. The second kappa shape index (κ2) is 3.35. The van der Waals surface area contributed by atoms with Crippen molar-refractivity contribution >= 4 is 0 Å². The quantitative estimate of drug-likeness (QED) is 0.689. The van der Waals surface area contributed by atoms with Gasteiger partial charge in [-0.3, -0.25) is 0 Å². The van der Waals surface area contributed by atoms with Gasteiger partial charge in [0.25, 0.3) is 0 Å². The molecule has 1 aliphatic heterocycles. The van der Waals surface area contributed by atoms with E-state index < -0.39 is 0 Å². The van der Waals surface area contributed by atoms with E-state index in [1.165, 1.54) is 12.8 Å². The van der Waals surface area contributed by atoms with Gasteiger partial charge >= 0.3 is 0 Å². The molecule has 2 nitrogen and oxygen atoms in total. The van der Waals surface area contributed by atoms with Gasteiger partial charge in [0.1, 0.15) is 0 Å². The second-order valence-corrected chi connectivity index (χ2v) is 4.39. The van der Waals surface area contributed by atoms with E-state index in [-0.39, 0.29) is 0 Å². The van der Waals surface area contributed by atoms with Gasteiger partial charge in [-0.1, -0.05) is 6.92 Å². The zero-order valence-corrected chi connectivity index (χ0v) is 8.05. The minimum absolute atomic E-state index is 0.632. The summed E-state index contributed by atoms with van der Waals surface area (Å²) in [6.45, 7) is 6.52. The summed E-state index contributed by atoms with van der Waals surface area (Å²) in [7, 11) is 0. The molecular weight excluding hydrogens is 150 g/mol. The maximum Gasteiger partial charge on any atom is 0.0620 e. The van der Waals surface area contributed by atoms with Gasteiger partial charge in [-0.2, -0.15) is 0 Å². The number of nitrogens with one attached hydrogen (secondary N) is 1. The van der Waals surface area contributed by atoms with E-state index in [1.54, 1.807) is 0 Å². The summed E-state index contributed by atoms with van der Waals surface area (Å²) in [5.74, 6) is 1.89. The molecule has 1 N–H and O–H groups in total. The van der Waals surface area contributed by atoms with Crippen LogP contribution in [0.3, 0.4) is 0 Å². The molecule has 2 fully saturated rings. The summed E-state index contributed by atoms with van der Waals surface area (Å²) in [4.78, 5) is 0. The molecule has 2 heteroatoms. The van der Waals surface area contributed by atoms with Crippen LogP contribution in [-0.4, -0.2) is 25.3 Å². The average Bonchev–Trinajstić information content (AvgIpc) is 2.58. The summed E-state index contributed by atoms with van der Waals surface area (Å²) in [6, 6.07) is 1.33. The maximum absolute atomic E-state index is 5.32. The number of hydrogen-bond donors (Lipinski definition) is 1. The van der Waals surface area contributed by atoms with E-state index >= 15 is 0 Å². The topological polar surface area (TPSA) is 21.3 Å². The highest BCUT2D eigenvalue weighted by Gasteiger charge is 2.37. The van der Waals surface area contributed by atoms with Crippen molar-refractivity contribution in [1.29, 1.82) is 0 Å². The van der Waals surface area contributed by atoms with Gasteiger partial charge in [-0.25, -0.2) is 0 Å². The van der Waals surface area contributed by atoms with Crippen LogP contribution >= 0.6 is 0 Å². The molecule has 0 aromatic rings. The largest absolute Gasteiger partial charge is 0.380 e. The summed E-state index contributed by atoms with van der Waals surface area (Å²) in [5.41, 5.74) is 0. The summed E-state index contributed by atoms with van der Waals surface area (Å²) in [5, 5.41) is 3.65. The van der Waals surface area contributed by atoms with Crippen LogP contribution in [-0.2, 0) is 4.74 Å². The predicted octanol–water partition coefficient (Wildman–Crippen LogP) is 1.41. The Bertz CT molecular complexity index is 154. The molecule has 2 aliphatic rings. The van der Waals surface area contributed by atoms with Gasteiger partial charge in [0, 0.05) is 18.7 Å². The Kier molecular flexibility index (Phi) is 2.37. The first kappa shape index (κ1) is 8.52. The lowest BCUT2D eigenvalue weighted by molar-refractivity contribution is 0.187. The molecule has 1 heterocycles. The third-order valence-corrected chi connectivity index (χ3v) is 3.24. The van der Waals surface area contributed by atoms with Gasteiger partial charge in [0.15, 0.2) is 0 Å². The molecule has 0 spiro atoms. The molecule has 0 aromatic carbocycles. The third kappa shape index (κ3) is 1.80. The van der Waals surface area contributed by atoms with Crippen molar-refractivity contribution in [2.75, 3.05) is 13.2 Å². The fourth-order valence-corrected chi connectivity index (χ4v) is 2.21. The van der Waals surface area contributed by atoms with Gasteiger partial charge in [0.2, 0.25) is 0 Å². The standard InChI is InChI=1S/C10H19NO/c1-7-5-10(7)8(2)11-9-3-4-12-6-9/h7-11H,3-6H2,1-2H3. The molecule has 4 unspecified atom stereocenters. The summed E-state index contributed by atoms with van der Waals surface area (Å²) >= 11 is 0. The zero-order chi connectivity index (χ0) is 8.55. The van der Waals surface area contributed by atoms with E-state index in [0.29, 0.717) is 12.1 Å². The molecule has 1 aliphatic carbocycles. The summed E-state index contributed by atoms with van der Waals surface area (Å²) in [6.07, 6.45) is 2.62. The van der Waals surface area contributed by atoms with Crippen molar-refractivity contribution in [1.82, 2.24) is 5.32 Å². The molecule has 0 bridgehead atoms. The van der Waals surface area contributed by atoms with Crippen LogP contribution < -0.4 is 5.32 Å². The van der Waals surface area contributed by atoms with Gasteiger partial charge in [-0.15, -0.1) is 0 Å². The molecule has 2 rings (SSSR count). The van der Waals surface area contributed by atoms with Crippen LogP contribution in [0.1, 0.15) is 26.7 Å². The van der Waals surface area contributed by atoms with E-state index in [1.807, 2.05) is 0 Å². The highest BCUT2D eigenvalue weighted by molar-refractivity contribution is 4.91. The minimum atomic E-state index is 0.632. The molecule has 12 heavy (non-hydrogen) atoms. The Hall–Kier alpha value is -0.0800. The molecule has 4 atom stereocenters. The van der Waals surface area contributed by atoms with Crippen molar-refractivity contribution in [3.8, 4) is 0 Å². The molecular formula is C10H19NO. The van der Waals surface area contributed by atoms with Crippen molar-refractivity contribution in [2.45, 2.75) is 38.8 Å². The maximum atomic E-state index is 5.32. The van der Waals surface area contributed by atoms with E-state index in [0.717, 1.165) is 25.0 Å². The molecule has 1 saturated carbocycles. The van der Waals surface area contributed by atoms with Crippen LogP contribution in [0.5, 0.6) is 0 Å². The first-order valence-electron chi connectivity index (χ1n) is 5.11. The lowest BCUT2D eigenvalue weighted by Gasteiger charge is -2.17. The first-order chi connectivity index (χ1) is 5.77. The van der Waals surface area contributed by atoms with Crippen molar-refractivity contribution in [3.05, 3.63) is 0 Å². The fraction of sp³-hybridized carbons (Fsp3) is 1.00. The molecule has 0 radical (unpaired) electrons. The average molecular weight is 169 g/mol. The van der Waals surface area contributed by atoms with Gasteiger partial charge in [-0.05, 0) is 31.6 Å². The predicted molar refractivity (Wildman–Crippen MR) is 49.1 cm³/mol. The van der Waals surface area contributed by atoms with Crippen LogP contribution in [0.15, 0.2) is 0 Å². The Morgan fingerprint density at radius 1 is 1.50 bits per heavy atom. The molecule has 0 amide bonds. The number of ether oxygens (including phenoxy) is 1. The Morgan fingerprint density at radius 2 is 2.25 bits per heavy atom. The number of rotatable bonds is 3. The van der Waals surface area contributed by atoms with Crippen LogP contribution in [0.25, 0.3) is 0 Å². The van der Waals surface area contributed by atoms with Crippen molar-refractivity contribution < 1.29 is 4.74 Å². The summed E-state index contributed by atoms with van der Waals surface area (Å²) < 4.78 is 5.32. The highest BCUT2D eigenvalue weighted by Crippen LogP contribution is 2.40. The monoisotopic (exact) mass is 169 g/mol. The van der Waals surface area contributed by atoms with Crippen LogP contribution in [0.2, 0.25) is 0 Å². The van der Waals surface area contributed by atoms with Gasteiger partial charge < -0.3 is 10.1 Å². The van der Waals surface area contributed by atoms with Crippen LogP contribution in [0.4, 0.5) is 0 Å². The van der Waals surface area contributed by atoms with E-state index in [9.17, 15) is 0 Å². The molecule has 70 valence electrons. The molecule has 0 aromatic heterocycles. The smallest absolute Gasteiger partial charge is 0.0620 e. The first-order valence-corrected chi connectivity index (χ1v) is 5.11. The Morgan fingerprint density at radius 3 is 2.75 bits per heavy atom. The SMILES string of the molecule is CC1CC1C(C)NC1CCOC1. The minimum Gasteiger partial charge on any atom is -0.380 e.